The SMILES string of the molecule is CCCCC(NC(N)=O)C(=O)Nc1cccc(CCC(=O)O)c1. The maximum atomic E-state index is 12.3. The number of benzene rings is 1. The van der Waals surface area contributed by atoms with Crippen molar-refractivity contribution in [2.24, 2.45) is 5.73 Å². The summed E-state index contributed by atoms with van der Waals surface area (Å²) in [5, 5.41) is 13.9. The van der Waals surface area contributed by atoms with Crippen LogP contribution in [0.25, 0.3) is 0 Å². The first-order valence-corrected chi connectivity index (χ1v) is 7.60. The fraction of sp³-hybridized carbons (Fsp3) is 0.438. The molecule has 0 saturated heterocycles. The van der Waals surface area contributed by atoms with Gasteiger partial charge >= 0.3 is 12.0 Å². The highest BCUT2D eigenvalue weighted by Crippen LogP contribution is 2.13. The fourth-order valence-electron chi connectivity index (χ4n) is 2.13. The highest BCUT2D eigenvalue weighted by Gasteiger charge is 2.19. The second kappa shape index (κ2) is 9.45. The number of hydrogen-bond donors (Lipinski definition) is 4. The van der Waals surface area contributed by atoms with Crippen LogP contribution in [-0.4, -0.2) is 29.1 Å². The summed E-state index contributed by atoms with van der Waals surface area (Å²) < 4.78 is 0. The molecule has 3 amide bonds. The fourth-order valence-corrected chi connectivity index (χ4v) is 2.13. The molecule has 1 atom stereocenters. The van der Waals surface area contributed by atoms with Gasteiger partial charge in [-0.3, -0.25) is 9.59 Å². The molecule has 7 heteroatoms. The molecular weight excluding hydrogens is 298 g/mol. The number of unbranched alkanes of at least 4 members (excludes halogenated alkanes) is 1. The van der Waals surface area contributed by atoms with Crippen molar-refractivity contribution in [1.82, 2.24) is 5.32 Å². The summed E-state index contributed by atoms with van der Waals surface area (Å²) in [6.45, 7) is 1.99. The van der Waals surface area contributed by atoms with Crippen LogP contribution >= 0.6 is 0 Å². The van der Waals surface area contributed by atoms with Crippen LogP contribution in [0.15, 0.2) is 24.3 Å². The molecule has 23 heavy (non-hydrogen) atoms. The molecule has 0 spiro atoms. The lowest BCUT2D eigenvalue weighted by atomic mass is 10.1. The summed E-state index contributed by atoms with van der Waals surface area (Å²) >= 11 is 0. The Balaban J connectivity index is 2.71. The maximum absolute atomic E-state index is 12.3. The van der Waals surface area contributed by atoms with Gasteiger partial charge in [0, 0.05) is 12.1 Å². The minimum Gasteiger partial charge on any atom is -0.481 e. The van der Waals surface area contributed by atoms with E-state index in [4.69, 9.17) is 10.8 Å². The molecule has 0 radical (unpaired) electrons. The number of urea groups is 1. The number of anilines is 1. The summed E-state index contributed by atoms with van der Waals surface area (Å²) in [6.07, 6.45) is 2.60. The van der Waals surface area contributed by atoms with Crippen LogP contribution in [0.4, 0.5) is 10.5 Å². The number of carbonyl (C=O) groups excluding carboxylic acids is 2. The molecule has 0 bridgehead atoms. The van der Waals surface area contributed by atoms with Gasteiger partial charge in [0.1, 0.15) is 6.04 Å². The minimum absolute atomic E-state index is 0.0275. The third-order valence-corrected chi connectivity index (χ3v) is 3.30. The highest BCUT2D eigenvalue weighted by molar-refractivity contribution is 5.96. The Bertz CT molecular complexity index is 560. The van der Waals surface area contributed by atoms with Gasteiger partial charge in [-0.2, -0.15) is 0 Å². The Morgan fingerprint density at radius 1 is 1.30 bits per heavy atom. The van der Waals surface area contributed by atoms with Crippen molar-refractivity contribution in [3.05, 3.63) is 29.8 Å². The third-order valence-electron chi connectivity index (χ3n) is 3.30. The molecule has 0 heterocycles. The average molecular weight is 321 g/mol. The van der Waals surface area contributed by atoms with Gasteiger partial charge in [-0.25, -0.2) is 4.79 Å². The predicted octanol–water partition coefficient (Wildman–Crippen LogP) is 1.87. The van der Waals surface area contributed by atoms with Crippen molar-refractivity contribution < 1.29 is 19.5 Å². The number of primary amides is 1. The van der Waals surface area contributed by atoms with E-state index in [1.54, 1.807) is 24.3 Å². The molecule has 5 N–H and O–H groups in total. The quantitative estimate of drug-likeness (QED) is 0.554. The molecule has 7 nitrogen and oxygen atoms in total. The summed E-state index contributed by atoms with van der Waals surface area (Å²) in [7, 11) is 0. The Hall–Kier alpha value is -2.57. The second-order valence-corrected chi connectivity index (χ2v) is 5.29. The Morgan fingerprint density at radius 3 is 2.65 bits per heavy atom. The molecule has 126 valence electrons. The van der Waals surface area contributed by atoms with E-state index in [1.165, 1.54) is 0 Å². The van der Waals surface area contributed by atoms with E-state index in [0.29, 0.717) is 18.5 Å². The molecule has 1 unspecified atom stereocenters. The molecule has 0 aliphatic rings. The van der Waals surface area contributed by atoms with Crippen molar-refractivity contribution in [3.63, 3.8) is 0 Å². The number of nitrogens with one attached hydrogen (secondary N) is 2. The Kier molecular flexibility index (Phi) is 7.59. The van der Waals surface area contributed by atoms with Gasteiger partial charge in [-0.15, -0.1) is 0 Å². The van der Waals surface area contributed by atoms with E-state index >= 15 is 0 Å². The van der Waals surface area contributed by atoms with E-state index in [0.717, 1.165) is 18.4 Å². The monoisotopic (exact) mass is 321 g/mol. The second-order valence-electron chi connectivity index (χ2n) is 5.29. The molecule has 1 aromatic carbocycles. The van der Waals surface area contributed by atoms with Gasteiger partial charge < -0.3 is 21.5 Å². The van der Waals surface area contributed by atoms with Crippen LogP contribution in [0.1, 0.15) is 38.2 Å². The van der Waals surface area contributed by atoms with Crippen molar-refractivity contribution in [1.29, 1.82) is 0 Å². The summed E-state index contributed by atoms with van der Waals surface area (Å²) in [4.78, 5) is 33.9. The Labute approximate surface area is 135 Å². The van der Waals surface area contributed by atoms with E-state index < -0.39 is 18.0 Å². The van der Waals surface area contributed by atoms with Crippen LogP contribution < -0.4 is 16.4 Å². The maximum Gasteiger partial charge on any atom is 0.312 e. The molecule has 0 fully saturated rings. The normalized spacial score (nSPS) is 11.5. The summed E-state index contributed by atoms with van der Waals surface area (Å²) in [6, 6.07) is 5.56. The zero-order valence-electron chi connectivity index (χ0n) is 13.2. The number of carboxylic acid groups (broad SMARTS) is 1. The van der Waals surface area contributed by atoms with E-state index in [1.807, 2.05) is 6.92 Å². The third kappa shape index (κ3) is 7.30. The number of carbonyl (C=O) groups is 3. The number of hydrogen-bond acceptors (Lipinski definition) is 3. The number of aliphatic carboxylic acids is 1. The van der Waals surface area contributed by atoms with E-state index in [9.17, 15) is 14.4 Å². The lowest BCUT2D eigenvalue weighted by Crippen LogP contribution is -2.46. The molecule has 0 aliphatic carbocycles. The molecule has 0 aromatic heterocycles. The number of aryl methyl sites for hydroxylation is 1. The summed E-state index contributed by atoms with van der Waals surface area (Å²) in [5.74, 6) is -1.21. The molecular formula is C16H23N3O4. The van der Waals surface area contributed by atoms with Crippen LogP contribution in [-0.2, 0) is 16.0 Å². The number of carboxylic acids is 1. The first-order valence-electron chi connectivity index (χ1n) is 7.60. The van der Waals surface area contributed by atoms with Crippen LogP contribution in [0.2, 0.25) is 0 Å². The predicted molar refractivity (Wildman–Crippen MR) is 87.1 cm³/mol. The van der Waals surface area contributed by atoms with E-state index in [-0.39, 0.29) is 12.3 Å². The topological polar surface area (TPSA) is 122 Å². The molecule has 0 aliphatic heterocycles. The molecule has 1 aromatic rings. The van der Waals surface area contributed by atoms with Crippen LogP contribution in [0, 0.1) is 0 Å². The van der Waals surface area contributed by atoms with Gasteiger partial charge in [0.2, 0.25) is 5.91 Å². The molecule has 0 saturated carbocycles. The first kappa shape index (κ1) is 18.5. The number of amides is 3. The van der Waals surface area contributed by atoms with Gasteiger partial charge in [0.25, 0.3) is 0 Å². The highest BCUT2D eigenvalue weighted by atomic mass is 16.4. The Morgan fingerprint density at radius 2 is 2.04 bits per heavy atom. The standard InChI is InChI=1S/C16H23N3O4/c1-2-3-7-13(19-16(17)23)15(22)18-12-6-4-5-11(10-12)8-9-14(20)21/h4-6,10,13H,2-3,7-9H2,1H3,(H,18,22)(H,20,21)(H3,17,19,23). The largest absolute Gasteiger partial charge is 0.481 e. The first-order chi connectivity index (χ1) is 10.9. The number of rotatable bonds is 9. The average Bonchev–Trinajstić information content (AvgIpc) is 2.49. The number of nitrogens with two attached hydrogens (primary N) is 1. The van der Waals surface area contributed by atoms with Crippen molar-refractivity contribution in [2.45, 2.75) is 45.1 Å². The summed E-state index contributed by atoms with van der Waals surface area (Å²) in [5.41, 5.74) is 6.48. The van der Waals surface area contributed by atoms with E-state index in [2.05, 4.69) is 10.6 Å². The van der Waals surface area contributed by atoms with Crippen molar-refractivity contribution >= 4 is 23.6 Å². The van der Waals surface area contributed by atoms with Crippen LogP contribution in [0.5, 0.6) is 0 Å². The lowest BCUT2D eigenvalue weighted by molar-refractivity contribution is -0.137. The smallest absolute Gasteiger partial charge is 0.312 e. The van der Waals surface area contributed by atoms with Gasteiger partial charge in [0.05, 0.1) is 0 Å². The van der Waals surface area contributed by atoms with Crippen molar-refractivity contribution in [3.8, 4) is 0 Å². The van der Waals surface area contributed by atoms with Gasteiger partial charge in [0.15, 0.2) is 0 Å². The zero-order valence-corrected chi connectivity index (χ0v) is 13.2. The lowest BCUT2D eigenvalue weighted by Gasteiger charge is -2.17. The molecule has 1 rings (SSSR count). The van der Waals surface area contributed by atoms with Gasteiger partial charge in [-0.1, -0.05) is 31.9 Å². The van der Waals surface area contributed by atoms with Crippen LogP contribution in [0.3, 0.4) is 0 Å². The minimum atomic E-state index is -0.871. The van der Waals surface area contributed by atoms with Crippen molar-refractivity contribution in [2.75, 3.05) is 5.32 Å². The zero-order chi connectivity index (χ0) is 17.2. The van der Waals surface area contributed by atoms with Gasteiger partial charge in [-0.05, 0) is 30.5 Å².